The number of phenolic OH excluding ortho intramolecular Hbond substituents is 1. The van der Waals surface area contributed by atoms with Crippen LogP contribution < -0.4 is 11.1 Å². The third-order valence-electron chi connectivity index (χ3n) is 2.89. The summed E-state index contributed by atoms with van der Waals surface area (Å²) in [6.07, 6.45) is 0.838. The molecule has 0 fully saturated rings. The number of aromatic hydroxyl groups is 1. The Morgan fingerprint density at radius 2 is 1.89 bits per heavy atom. The minimum Gasteiger partial charge on any atom is -0.506 e. The van der Waals surface area contributed by atoms with E-state index in [0.717, 1.165) is 12.0 Å². The van der Waals surface area contributed by atoms with E-state index in [2.05, 4.69) is 5.32 Å². The maximum absolute atomic E-state index is 12.0. The zero-order chi connectivity index (χ0) is 13.8. The summed E-state index contributed by atoms with van der Waals surface area (Å²) in [4.78, 5) is 12.0. The van der Waals surface area contributed by atoms with Gasteiger partial charge < -0.3 is 16.2 Å². The summed E-state index contributed by atoms with van der Waals surface area (Å²) in [5.41, 5.74) is 8.13. The number of nitrogen functional groups attached to an aromatic ring is 1. The standard InChI is InChI=1S/C15H16N2O2/c1-2-10-3-8-14(18)13(9-10)17-15(19)11-4-6-12(16)7-5-11/h3-9,18H,2,16H2,1H3,(H,17,19). The highest BCUT2D eigenvalue weighted by molar-refractivity contribution is 6.05. The number of rotatable bonds is 3. The van der Waals surface area contributed by atoms with Crippen LogP contribution in [-0.2, 0) is 6.42 Å². The number of benzene rings is 2. The van der Waals surface area contributed by atoms with Gasteiger partial charge in [-0.1, -0.05) is 13.0 Å². The van der Waals surface area contributed by atoms with E-state index < -0.39 is 0 Å². The molecule has 4 nitrogen and oxygen atoms in total. The largest absolute Gasteiger partial charge is 0.506 e. The molecule has 0 aliphatic carbocycles. The first-order valence-electron chi connectivity index (χ1n) is 6.09. The van der Waals surface area contributed by atoms with Gasteiger partial charge in [0.05, 0.1) is 5.69 Å². The number of aryl methyl sites for hydroxylation is 1. The summed E-state index contributed by atoms with van der Waals surface area (Å²) in [7, 11) is 0. The number of amides is 1. The van der Waals surface area contributed by atoms with Gasteiger partial charge >= 0.3 is 0 Å². The van der Waals surface area contributed by atoms with Crippen LogP contribution in [0, 0.1) is 0 Å². The Balaban J connectivity index is 2.21. The predicted molar refractivity (Wildman–Crippen MR) is 76.3 cm³/mol. The van der Waals surface area contributed by atoms with Crippen LogP contribution in [0.3, 0.4) is 0 Å². The summed E-state index contributed by atoms with van der Waals surface area (Å²) in [6, 6.07) is 11.8. The Hall–Kier alpha value is -2.49. The Morgan fingerprint density at radius 3 is 2.53 bits per heavy atom. The van der Waals surface area contributed by atoms with Crippen LogP contribution in [0.2, 0.25) is 0 Å². The van der Waals surface area contributed by atoms with Crippen LogP contribution in [0.25, 0.3) is 0 Å². The molecule has 2 aromatic carbocycles. The highest BCUT2D eigenvalue weighted by atomic mass is 16.3. The molecule has 0 aliphatic rings. The lowest BCUT2D eigenvalue weighted by Crippen LogP contribution is -2.12. The van der Waals surface area contributed by atoms with Gasteiger partial charge in [-0.25, -0.2) is 0 Å². The molecule has 0 atom stereocenters. The van der Waals surface area contributed by atoms with Crippen molar-refractivity contribution in [1.29, 1.82) is 0 Å². The van der Waals surface area contributed by atoms with E-state index >= 15 is 0 Å². The summed E-state index contributed by atoms with van der Waals surface area (Å²) in [5, 5.41) is 12.4. The van der Waals surface area contributed by atoms with E-state index in [1.54, 1.807) is 36.4 Å². The first kappa shape index (κ1) is 13.0. The molecule has 0 aliphatic heterocycles. The van der Waals surface area contributed by atoms with Gasteiger partial charge in [-0.2, -0.15) is 0 Å². The van der Waals surface area contributed by atoms with Crippen LogP contribution in [0.1, 0.15) is 22.8 Å². The van der Waals surface area contributed by atoms with Crippen molar-refractivity contribution < 1.29 is 9.90 Å². The third kappa shape index (κ3) is 3.04. The van der Waals surface area contributed by atoms with Gasteiger partial charge in [0.1, 0.15) is 5.75 Å². The van der Waals surface area contributed by atoms with Crippen molar-refractivity contribution in [3.8, 4) is 5.75 Å². The second kappa shape index (κ2) is 5.44. The number of nitrogens with one attached hydrogen (secondary N) is 1. The molecule has 0 saturated heterocycles. The van der Waals surface area contributed by atoms with E-state index in [0.29, 0.717) is 16.9 Å². The van der Waals surface area contributed by atoms with Crippen LogP contribution in [0.15, 0.2) is 42.5 Å². The van der Waals surface area contributed by atoms with Crippen LogP contribution in [-0.4, -0.2) is 11.0 Å². The van der Waals surface area contributed by atoms with Crippen molar-refractivity contribution in [2.45, 2.75) is 13.3 Å². The quantitative estimate of drug-likeness (QED) is 0.584. The SMILES string of the molecule is CCc1ccc(O)c(NC(=O)c2ccc(N)cc2)c1. The smallest absolute Gasteiger partial charge is 0.255 e. The number of anilines is 2. The Kier molecular flexibility index (Phi) is 3.71. The molecule has 0 bridgehead atoms. The number of carbonyl (C=O) groups excluding carboxylic acids is 1. The average molecular weight is 256 g/mol. The molecule has 98 valence electrons. The number of carbonyl (C=O) groups is 1. The molecule has 0 aromatic heterocycles. The zero-order valence-electron chi connectivity index (χ0n) is 10.7. The zero-order valence-corrected chi connectivity index (χ0v) is 10.7. The fourth-order valence-corrected chi connectivity index (χ4v) is 1.73. The van der Waals surface area contributed by atoms with Crippen molar-refractivity contribution in [3.05, 3.63) is 53.6 Å². The predicted octanol–water partition coefficient (Wildman–Crippen LogP) is 2.79. The lowest BCUT2D eigenvalue weighted by atomic mass is 10.1. The average Bonchev–Trinajstić information content (AvgIpc) is 2.42. The van der Waals surface area contributed by atoms with Gasteiger partial charge in [-0.05, 0) is 48.4 Å². The molecular formula is C15H16N2O2. The summed E-state index contributed by atoms with van der Waals surface area (Å²) >= 11 is 0. The minimum absolute atomic E-state index is 0.0565. The van der Waals surface area contributed by atoms with E-state index in [1.807, 2.05) is 13.0 Å². The highest BCUT2D eigenvalue weighted by Crippen LogP contribution is 2.25. The Labute approximate surface area is 111 Å². The summed E-state index contributed by atoms with van der Waals surface area (Å²) in [6.45, 7) is 2.01. The van der Waals surface area contributed by atoms with Gasteiger partial charge in [0.15, 0.2) is 0 Å². The number of hydrogen-bond donors (Lipinski definition) is 3. The van der Waals surface area contributed by atoms with Gasteiger partial charge in [-0.3, -0.25) is 4.79 Å². The molecule has 0 radical (unpaired) electrons. The van der Waals surface area contributed by atoms with Gasteiger partial charge in [-0.15, -0.1) is 0 Å². The number of phenols is 1. The molecule has 0 spiro atoms. The second-order valence-electron chi connectivity index (χ2n) is 4.28. The van der Waals surface area contributed by atoms with Crippen molar-refractivity contribution in [2.75, 3.05) is 11.1 Å². The highest BCUT2D eigenvalue weighted by Gasteiger charge is 2.09. The fourth-order valence-electron chi connectivity index (χ4n) is 1.73. The molecular weight excluding hydrogens is 240 g/mol. The molecule has 2 rings (SSSR count). The monoisotopic (exact) mass is 256 g/mol. The molecule has 1 amide bonds. The molecule has 19 heavy (non-hydrogen) atoms. The van der Waals surface area contributed by atoms with E-state index in [-0.39, 0.29) is 11.7 Å². The number of nitrogens with two attached hydrogens (primary N) is 1. The molecule has 4 N–H and O–H groups in total. The van der Waals surface area contributed by atoms with Crippen molar-refractivity contribution in [3.63, 3.8) is 0 Å². The second-order valence-corrected chi connectivity index (χ2v) is 4.28. The van der Waals surface area contributed by atoms with Gasteiger partial charge in [0.2, 0.25) is 0 Å². The summed E-state index contributed by atoms with van der Waals surface area (Å²) in [5.74, 6) is -0.218. The lowest BCUT2D eigenvalue weighted by Gasteiger charge is -2.09. The van der Waals surface area contributed by atoms with E-state index in [4.69, 9.17) is 5.73 Å². The molecule has 2 aromatic rings. The first-order valence-corrected chi connectivity index (χ1v) is 6.09. The minimum atomic E-state index is -0.274. The van der Waals surface area contributed by atoms with Crippen LogP contribution >= 0.6 is 0 Å². The van der Waals surface area contributed by atoms with E-state index in [1.165, 1.54) is 0 Å². The Morgan fingerprint density at radius 1 is 1.21 bits per heavy atom. The maximum Gasteiger partial charge on any atom is 0.255 e. The van der Waals surface area contributed by atoms with Crippen LogP contribution in [0.4, 0.5) is 11.4 Å². The van der Waals surface area contributed by atoms with Crippen LogP contribution in [0.5, 0.6) is 5.75 Å². The summed E-state index contributed by atoms with van der Waals surface area (Å²) < 4.78 is 0. The van der Waals surface area contributed by atoms with E-state index in [9.17, 15) is 9.90 Å². The lowest BCUT2D eigenvalue weighted by molar-refractivity contribution is 0.102. The van der Waals surface area contributed by atoms with Gasteiger partial charge in [0, 0.05) is 11.3 Å². The normalized spacial score (nSPS) is 10.2. The topological polar surface area (TPSA) is 75.3 Å². The fraction of sp³-hybridized carbons (Fsp3) is 0.133. The first-order chi connectivity index (χ1) is 9.10. The number of hydrogen-bond acceptors (Lipinski definition) is 3. The molecule has 0 heterocycles. The van der Waals surface area contributed by atoms with Crippen molar-refractivity contribution in [2.24, 2.45) is 0 Å². The van der Waals surface area contributed by atoms with Crippen molar-refractivity contribution in [1.82, 2.24) is 0 Å². The third-order valence-corrected chi connectivity index (χ3v) is 2.89. The van der Waals surface area contributed by atoms with Gasteiger partial charge in [0.25, 0.3) is 5.91 Å². The molecule has 4 heteroatoms. The maximum atomic E-state index is 12.0. The Bertz CT molecular complexity index is 592. The molecule has 0 saturated carbocycles. The van der Waals surface area contributed by atoms with Crippen molar-refractivity contribution >= 4 is 17.3 Å². The molecule has 0 unspecified atom stereocenters.